The minimum Gasteiger partial charge on any atom is -0.474 e. The van der Waals surface area contributed by atoms with Crippen molar-refractivity contribution in [2.45, 2.75) is 30.8 Å². The van der Waals surface area contributed by atoms with Gasteiger partial charge in [0.25, 0.3) is 5.88 Å². The molecule has 4 rings (SSSR count). The maximum atomic E-state index is 5.87. The molecule has 4 aromatic rings. The van der Waals surface area contributed by atoms with Gasteiger partial charge in [-0.2, -0.15) is 0 Å². The summed E-state index contributed by atoms with van der Waals surface area (Å²) < 4.78 is 7.84. The van der Waals surface area contributed by atoms with Crippen LogP contribution in [-0.4, -0.2) is 31.9 Å². The highest BCUT2D eigenvalue weighted by Crippen LogP contribution is 2.22. The van der Waals surface area contributed by atoms with E-state index in [0.29, 0.717) is 12.5 Å². The molecular formula is C23H24N4OS. The van der Waals surface area contributed by atoms with Gasteiger partial charge in [0.05, 0.1) is 6.61 Å². The highest BCUT2D eigenvalue weighted by atomic mass is 32.2. The van der Waals surface area contributed by atoms with Crippen molar-refractivity contribution in [3.63, 3.8) is 0 Å². The molecule has 0 saturated heterocycles. The predicted octanol–water partition coefficient (Wildman–Crippen LogP) is 4.86. The first-order valence-corrected chi connectivity index (χ1v) is 10.9. The van der Waals surface area contributed by atoms with E-state index in [1.807, 2.05) is 16.7 Å². The second-order valence-electron chi connectivity index (χ2n) is 6.78. The molecule has 0 N–H and O–H groups in total. The van der Waals surface area contributed by atoms with Crippen molar-refractivity contribution < 1.29 is 4.74 Å². The van der Waals surface area contributed by atoms with Crippen LogP contribution in [0.1, 0.15) is 24.0 Å². The standard InChI is InChI=1S/C23H24N4OS/c1-3-9-19(10-4-1)13-7-17-28-22-21-24-15-16-27(21)23(26-25-22)29-18-8-14-20-11-5-2-6-12-20/h1-6,9-12,15-16H,7-8,13-14,17-18H2. The fourth-order valence-corrected chi connectivity index (χ4v) is 4.02. The van der Waals surface area contributed by atoms with Gasteiger partial charge >= 0.3 is 0 Å². The second-order valence-corrected chi connectivity index (χ2v) is 7.85. The molecule has 2 aromatic carbocycles. The van der Waals surface area contributed by atoms with Gasteiger partial charge in [-0.3, -0.25) is 4.40 Å². The molecule has 0 aliphatic rings. The molecular weight excluding hydrogens is 380 g/mol. The first-order valence-electron chi connectivity index (χ1n) is 9.93. The van der Waals surface area contributed by atoms with Gasteiger partial charge < -0.3 is 4.74 Å². The zero-order valence-electron chi connectivity index (χ0n) is 16.3. The fraction of sp³-hybridized carbons (Fsp3) is 0.261. The van der Waals surface area contributed by atoms with Crippen molar-refractivity contribution in [2.24, 2.45) is 0 Å². The molecule has 2 heterocycles. The Morgan fingerprint density at radius 1 is 0.828 bits per heavy atom. The summed E-state index contributed by atoms with van der Waals surface area (Å²) in [5.41, 5.74) is 3.41. The van der Waals surface area contributed by atoms with Gasteiger partial charge in [-0.1, -0.05) is 72.4 Å². The molecule has 0 unspecified atom stereocenters. The van der Waals surface area contributed by atoms with E-state index in [1.165, 1.54) is 11.1 Å². The summed E-state index contributed by atoms with van der Waals surface area (Å²) in [5, 5.41) is 9.50. The Kier molecular flexibility index (Phi) is 6.76. The van der Waals surface area contributed by atoms with Crippen LogP contribution in [0.25, 0.3) is 5.65 Å². The minimum atomic E-state index is 0.497. The van der Waals surface area contributed by atoms with Crippen LogP contribution in [0.15, 0.2) is 78.2 Å². The van der Waals surface area contributed by atoms with E-state index < -0.39 is 0 Å². The molecule has 2 aromatic heterocycles. The quantitative estimate of drug-likeness (QED) is 0.279. The molecule has 0 spiro atoms. The molecule has 148 valence electrons. The summed E-state index contributed by atoms with van der Waals surface area (Å²) in [6, 6.07) is 21.0. The number of aryl methyl sites for hydroxylation is 2. The first-order chi connectivity index (χ1) is 14.4. The Balaban J connectivity index is 1.29. The maximum Gasteiger partial charge on any atom is 0.277 e. The third-order valence-corrected chi connectivity index (χ3v) is 5.67. The minimum absolute atomic E-state index is 0.497. The number of ether oxygens (including phenoxy) is 1. The average molecular weight is 405 g/mol. The van der Waals surface area contributed by atoms with Gasteiger partial charge in [0.15, 0.2) is 5.16 Å². The number of hydrogen-bond donors (Lipinski definition) is 0. The van der Waals surface area contributed by atoms with Gasteiger partial charge in [-0.25, -0.2) is 4.98 Å². The van der Waals surface area contributed by atoms with Crippen LogP contribution in [-0.2, 0) is 12.8 Å². The second kappa shape index (κ2) is 10.1. The van der Waals surface area contributed by atoms with Crippen molar-refractivity contribution in [3.8, 4) is 5.88 Å². The summed E-state index contributed by atoms with van der Waals surface area (Å²) >= 11 is 1.70. The maximum absolute atomic E-state index is 5.87. The lowest BCUT2D eigenvalue weighted by Crippen LogP contribution is -2.06. The third-order valence-electron chi connectivity index (χ3n) is 4.64. The van der Waals surface area contributed by atoms with E-state index >= 15 is 0 Å². The van der Waals surface area contributed by atoms with Crippen LogP contribution in [0.3, 0.4) is 0 Å². The van der Waals surface area contributed by atoms with Crippen molar-refractivity contribution >= 4 is 17.4 Å². The van der Waals surface area contributed by atoms with Crippen molar-refractivity contribution in [1.29, 1.82) is 0 Å². The lowest BCUT2D eigenvalue weighted by molar-refractivity contribution is 0.296. The van der Waals surface area contributed by atoms with Crippen LogP contribution in [0, 0.1) is 0 Å². The van der Waals surface area contributed by atoms with E-state index in [4.69, 9.17) is 4.74 Å². The predicted molar refractivity (Wildman–Crippen MR) is 117 cm³/mol. The summed E-state index contributed by atoms with van der Waals surface area (Å²) in [5.74, 6) is 1.48. The third kappa shape index (κ3) is 5.35. The highest BCUT2D eigenvalue weighted by Gasteiger charge is 2.11. The largest absolute Gasteiger partial charge is 0.474 e. The van der Waals surface area contributed by atoms with Crippen LogP contribution in [0.4, 0.5) is 0 Å². The molecule has 0 atom stereocenters. The van der Waals surface area contributed by atoms with E-state index in [2.05, 4.69) is 69.8 Å². The molecule has 0 aliphatic carbocycles. The van der Waals surface area contributed by atoms with Crippen LogP contribution in [0.5, 0.6) is 5.88 Å². The number of rotatable bonds is 10. The van der Waals surface area contributed by atoms with Crippen molar-refractivity contribution in [1.82, 2.24) is 19.6 Å². The van der Waals surface area contributed by atoms with E-state index in [-0.39, 0.29) is 0 Å². The SMILES string of the molecule is c1ccc(CCCOc2nnc(SCCCc3ccccc3)n3ccnc23)cc1. The molecule has 0 amide bonds. The monoisotopic (exact) mass is 404 g/mol. The Labute approximate surface area is 175 Å². The van der Waals surface area contributed by atoms with Gasteiger partial charge in [0, 0.05) is 18.1 Å². The average Bonchev–Trinajstić information content (AvgIpc) is 3.27. The molecule has 0 bridgehead atoms. The van der Waals surface area contributed by atoms with E-state index in [1.54, 1.807) is 18.0 Å². The molecule has 0 saturated carbocycles. The lowest BCUT2D eigenvalue weighted by Gasteiger charge is -2.08. The van der Waals surface area contributed by atoms with Crippen LogP contribution in [0.2, 0.25) is 0 Å². The molecule has 0 radical (unpaired) electrons. The fourth-order valence-electron chi connectivity index (χ4n) is 3.16. The Morgan fingerprint density at radius 2 is 1.52 bits per heavy atom. The van der Waals surface area contributed by atoms with Gasteiger partial charge in [0.1, 0.15) is 0 Å². The van der Waals surface area contributed by atoms with E-state index in [0.717, 1.165) is 42.2 Å². The Hall–Kier alpha value is -2.86. The molecule has 0 aliphatic heterocycles. The topological polar surface area (TPSA) is 52.3 Å². The lowest BCUT2D eigenvalue weighted by atomic mass is 10.1. The molecule has 6 heteroatoms. The summed E-state index contributed by atoms with van der Waals surface area (Å²) in [7, 11) is 0. The number of nitrogens with zero attached hydrogens (tertiary/aromatic N) is 4. The number of imidazole rings is 1. The van der Waals surface area contributed by atoms with Gasteiger partial charge in [-0.15, -0.1) is 10.2 Å². The van der Waals surface area contributed by atoms with Crippen LogP contribution >= 0.6 is 11.8 Å². The summed E-state index contributed by atoms with van der Waals surface area (Å²) in [6.07, 6.45) is 7.74. The summed E-state index contributed by atoms with van der Waals surface area (Å²) in [4.78, 5) is 4.41. The molecule has 0 fully saturated rings. The van der Waals surface area contributed by atoms with Gasteiger partial charge in [0.2, 0.25) is 5.65 Å². The Bertz CT molecular complexity index is 939. The zero-order chi connectivity index (χ0) is 19.7. The van der Waals surface area contributed by atoms with Gasteiger partial charge in [-0.05, 0) is 36.8 Å². The van der Waals surface area contributed by atoms with Crippen LogP contribution < -0.4 is 4.74 Å². The summed E-state index contributed by atoms with van der Waals surface area (Å²) in [6.45, 7) is 0.593. The molecule has 29 heavy (non-hydrogen) atoms. The zero-order valence-corrected chi connectivity index (χ0v) is 17.1. The smallest absolute Gasteiger partial charge is 0.277 e. The Morgan fingerprint density at radius 3 is 2.24 bits per heavy atom. The number of benzene rings is 2. The number of thioether (sulfide) groups is 1. The number of hydrogen-bond acceptors (Lipinski definition) is 5. The van der Waals surface area contributed by atoms with Crippen molar-refractivity contribution in [3.05, 3.63) is 84.2 Å². The number of aromatic nitrogens is 4. The highest BCUT2D eigenvalue weighted by molar-refractivity contribution is 7.99. The molecule has 5 nitrogen and oxygen atoms in total. The van der Waals surface area contributed by atoms with E-state index in [9.17, 15) is 0 Å². The first kappa shape index (κ1) is 19.5. The normalized spacial score (nSPS) is 11.0. The van der Waals surface area contributed by atoms with Crippen molar-refractivity contribution in [2.75, 3.05) is 12.4 Å². The number of fused-ring (bicyclic) bond motifs is 1.